The molecule has 2 rings (SSSR count). The predicted molar refractivity (Wildman–Crippen MR) is 118 cm³/mol. The summed E-state index contributed by atoms with van der Waals surface area (Å²) in [5.41, 5.74) is 4.14. The number of rotatable bonds is 5. The number of fused-ring (bicyclic) bond motifs is 1. The molecule has 0 N–H and O–H groups in total. The molecule has 0 bridgehead atoms. The lowest BCUT2D eigenvalue weighted by Gasteiger charge is -2.07. The first kappa shape index (κ1) is 26.3. The third-order valence-electron chi connectivity index (χ3n) is 3.12. The average molecular weight is 361 g/mol. The van der Waals surface area contributed by atoms with E-state index in [1.807, 2.05) is 80.2 Å². The summed E-state index contributed by atoms with van der Waals surface area (Å²) in [5.74, 6) is 0.566. The molecule has 0 saturated heterocycles. The Morgan fingerprint density at radius 2 is 1.73 bits per heavy atom. The van der Waals surface area contributed by atoms with Gasteiger partial charge in [-0.1, -0.05) is 61.5 Å². The fourth-order valence-corrected chi connectivity index (χ4v) is 2.20. The Morgan fingerprint density at radius 1 is 1.12 bits per heavy atom. The molecule has 0 radical (unpaired) electrons. The van der Waals surface area contributed by atoms with E-state index in [9.17, 15) is 0 Å². The van der Waals surface area contributed by atoms with Gasteiger partial charge in [0, 0.05) is 30.7 Å². The lowest BCUT2D eigenvalue weighted by atomic mass is 10.1. The minimum atomic E-state index is 0.566. The molecule has 0 saturated carbocycles. The van der Waals surface area contributed by atoms with Crippen LogP contribution < -0.4 is 0 Å². The average Bonchev–Trinajstić information content (AvgIpc) is 3.12. The molecular weight excluding hydrogens is 320 g/mol. The van der Waals surface area contributed by atoms with Crippen LogP contribution in [0.25, 0.3) is 11.2 Å². The number of hydrogen-bond donors (Lipinski definition) is 0. The predicted octanol–water partition coefficient (Wildman–Crippen LogP) is 6.50. The van der Waals surface area contributed by atoms with Crippen LogP contribution in [0.1, 0.15) is 80.6 Å². The second-order valence-electron chi connectivity index (χ2n) is 5.18. The second-order valence-corrected chi connectivity index (χ2v) is 5.18. The van der Waals surface area contributed by atoms with Crippen molar-refractivity contribution in [2.75, 3.05) is 6.54 Å². The van der Waals surface area contributed by atoms with Gasteiger partial charge in [-0.25, -0.2) is 4.98 Å². The molecule has 0 aliphatic rings. The molecule has 0 aliphatic heterocycles. The summed E-state index contributed by atoms with van der Waals surface area (Å²) in [6, 6.07) is 0. The first-order valence-electron chi connectivity index (χ1n) is 10.1. The van der Waals surface area contributed by atoms with Crippen LogP contribution >= 0.6 is 0 Å². The molecule has 0 aliphatic carbocycles. The Balaban J connectivity index is 0. The van der Waals surface area contributed by atoms with E-state index in [-0.39, 0.29) is 0 Å². The van der Waals surface area contributed by atoms with Gasteiger partial charge < -0.3 is 0 Å². The largest absolute Gasteiger partial charge is 0.297 e. The Bertz CT molecular complexity index is 637. The second kappa shape index (κ2) is 16.5. The molecule has 0 amide bonds. The Morgan fingerprint density at radius 3 is 2.23 bits per heavy atom. The number of aromatic nitrogens is 3. The zero-order chi connectivity index (χ0) is 20.5. The molecule has 2 aromatic heterocycles. The minimum absolute atomic E-state index is 0.566. The number of allylic oxidation sites excluding steroid dienone is 2. The SMILES string of the molecule is C/C=C(\C=NCC)c1cnc2c(CC(C)C)nccn12.CC.CC.CC. The molecule has 0 spiro atoms. The highest BCUT2D eigenvalue weighted by Crippen LogP contribution is 2.18. The summed E-state index contributed by atoms with van der Waals surface area (Å²) >= 11 is 0. The van der Waals surface area contributed by atoms with Crippen molar-refractivity contribution in [3.8, 4) is 0 Å². The maximum atomic E-state index is 4.55. The lowest BCUT2D eigenvalue weighted by molar-refractivity contribution is 0.635. The van der Waals surface area contributed by atoms with E-state index in [1.165, 1.54) is 0 Å². The van der Waals surface area contributed by atoms with E-state index in [0.29, 0.717) is 5.92 Å². The maximum Gasteiger partial charge on any atom is 0.159 e. The van der Waals surface area contributed by atoms with Crippen LogP contribution in [0.4, 0.5) is 0 Å². The van der Waals surface area contributed by atoms with Gasteiger partial charge in [-0.15, -0.1) is 0 Å². The molecule has 0 atom stereocenters. The van der Waals surface area contributed by atoms with Crippen LogP contribution in [-0.2, 0) is 6.42 Å². The maximum absolute atomic E-state index is 4.55. The van der Waals surface area contributed by atoms with Crippen molar-refractivity contribution in [3.05, 3.63) is 36.1 Å². The zero-order valence-corrected chi connectivity index (χ0v) is 18.7. The molecule has 2 aromatic rings. The van der Waals surface area contributed by atoms with Crippen molar-refractivity contribution < 1.29 is 0 Å². The van der Waals surface area contributed by atoms with Gasteiger partial charge in [0.05, 0.1) is 17.6 Å². The van der Waals surface area contributed by atoms with E-state index in [1.54, 1.807) is 0 Å². The van der Waals surface area contributed by atoms with Crippen molar-refractivity contribution >= 4 is 17.4 Å². The van der Waals surface area contributed by atoms with Gasteiger partial charge in [-0.3, -0.25) is 14.4 Å². The van der Waals surface area contributed by atoms with Gasteiger partial charge in [-0.2, -0.15) is 0 Å². The van der Waals surface area contributed by atoms with Gasteiger partial charge in [0.25, 0.3) is 0 Å². The first-order chi connectivity index (χ1) is 12.7. The number of imidazole rings is 1. The van der Waals surface area contributed by atoms with Crippen molar-refractivity contribution in [2.45, 2.75) is 75.7 Å². The normalized spacial score (nSPS) is 10.7. The monoisotopic (exact) mass is 360 g/mol. The summed E-state index contributed by atoms with van der Waals surface area (Å²) in [5, 5.41) is 0. The Labute approximate surface area is 161 Å². The van der Waals surface area contributed by atoms with Crippen LogP contribution in [0, 0.1) is 5.92 Å². The molecule has 4 nitrogen and oxygen atoms in total. The molecule has 2 heterocycles. The van der Waals surface area contributed by atoms with E-state index < -0.39 is 0 Å². The highest BCUT2D eigenvalue weighted by molar-refractivity contribution is 6.09. The van der Waals surface area contributed by atoms with E-state index in [0.717, 1.165) is 35.6 Å². The first-order valence-corrected chi connectivity index (χ1v) is 10.1. The highest BCUT2D eigenvalue weighted by Gasteiger charge is 2.11. The topological polar surface area (TPSA) is 42.5 Å². The fourth-order valence-electron chi connectivity index (χ4n) is 2.20. The lowest BCUT2D eigenvalue weighted by Crippen LogP contribution is -2.02. The van der Waals surface area contributed by atoms with Gasteiger partial charge in [0.15, 0.2) is 5.65 Å². The van der Waals surface area contributed by atoms with Crippen molar-refractivity contribution in [2.24, 2.45) is 10.9 Å². The van der Waals surface area contributed by atoms with Crippen molar-refractivity contribution in [3.63, 3.8) is 0 Å². The summed E-state index contributed by atoms with van der Waals surface area (Å²) in [7, 11) is 0. The molecule has 148 valence electrons. The fraction of sp³-hybridized carbons (Fsp3) is 0.591. The molecule has 0 aromatic carbocycles. The Kier molecular flexibility index (Phi) is 16.7. The van der Waals surface area contributed by atoms with Crippen molar-refractivity contribution in [1.29, 1.82) is 0 Å². The number of aliphatic imine (C=N–C) groups is 1. The minimum Gasteiger partial charge on any atom is -0.297 e. The van der Waals surface area contributed by atoms with Crippen molar-refractivity contribution in [1.82, 2.24) is 14.4 Å². The summed E-state index contributed by atoms with van der Waals surface area (Å²) in [6.45, 7) is 21.2. The summed E-state index contributed by atoms with van der Waals surface area (Å²) in [4.78, 5) is 13.3. The van der Waals surface area contributed by atoms with Crippen LogP contribution in [0.5, 0.6) is 0 Å². The zero-order valence-electron chi connectivity index (χ0n) is 18.7. The van der Waals surface area contributed by atoms with E-state index in [4.69, 9.17) is 0 Å². The van der Waals surface area contributed by atoms with Crippen LogP contribution in [0.15, 0.2) is 29.7 Å². The quantitative estimate of drug-likeness (QED) is 0.571. The number of nitrogens with zero attached hydrogens (tertiary/aromatic N) is 4. The molecule has 4 heteroatoms. The van der Waals surface area contributed by atoms with Crippen LogP contribution in [0.3, 0.4) is 0 Å². The molecule has 26 heavy (non-hydrogen) atoms. The summed E-state index contributed by atoms with van der Waals surface area (Å²) < 4.78 is 2.10. The number of hydrogen-bond acceptors (Lipinski definition) is 3. The van der Waals surface area contributed by atoms with E-state index in [2.05, 4.69) is 39.3 Å². The molecule has 0 fully saturated rings. The van der Waals surface area contributed by atoms with Gasteiger partial charge >= 0.3 is 0 Å². The van der Waals surface area contributed by atoms with Gasteiger partial charge in [0.2, 0.25) is 0 Å². The van der Waals surface area contributed by atoms with Gasteiger partial charge in [-0.05, 0) is 26.2 Å². The third-order valence-corrected chi connectivity index (χ3v) is 3.12. The van der Waals surface area contributed by atoms with Crippen LogP contribution in [0.2, 0.25) is 0 Å². The van der Waals surface area contributed by atoms with Gasteiger partial charge in [0.1, 0.15) is 0 Å². The Hall–Kier alpha value is -1.97. The highest BCUT2D eigenvalue weighted by atomic mass is 15.0. The smallest absolute Gasteiger partial charge is 0.159 e. The van der Waals surface area contributed by atoms with Crippen LogP contribution in [-0.4, -0.2) is 27.1 Å². The summed E-state index contributed by atoms with van der Waals surface area (Å²) in [6.07, 6.45) is 10.6. The third kappa shape index (κ3) is 7.94. The standard InChI is InChI=1S/C16H22N4.3C2H6/c1-5-13(10-17-6-2)15-11-19-16-14(9-12(3)4)18-7-8-20(15)16;3*1-2/h5,7-8,10-12H,6,9H2,1-4H3;3*1-2H3/b13-5+,17-10?;;;. The molecular formula is C22H40N4. The molecule has 0 unspecified atom stereocenters. The van der Waals surface area contributed by atoms with E-state index >= 15 is 0 Å².